The monoisotopic (exact) mass is 285 g/mol. The van der Waals surface area contributed by atoms with Gasteiger partial charge in [0.1, 0.15) is 5.69 Å². The third-order valence-electron chi connectivity index (χ3n) is 2.85. The van der Waals surface area contributed by atoms with Gasteiger partial charge in [-0.3, -0.25) is 14.9 Å². The van der Waals surface area contributed by atoms with E-state index in [0.717, 1.165) is 11.3 Å². The molecule has 6 nitrogen and oxygen atoms in total. The van der Waals surface area contributed by atoms with Crippen LogP contribution in [-0.2, 0) is 4.79 Å². The largest absolute Gasteiger partial charge is 0.376 e. The van der Waals surface area contributed by atoms with E-state index in [9.17, 15) is 14.9 Å². The number of aryl methyl sites for hydroxylation is 1. The lowest BCUT2D eigenvalue weighted by molar-refractivity contribution is -0.384. The van der Waals surface area contributed by atoms with Crippen molar-refractivity contribution in [2.75, 3.05) is 17.2 Å². The van der Waals surface area contributed by atoms with E-state index < -0.39 is 4.92 Å². The molecule has 0 unspecified atom stereocenters. The van der Waals surface area contributed by atoms with E-state index in [4.69, 9.17) is 0 Å². The summed E-state index contributed by atoms with van der Waals surface area (Å²) in [5.41, 5.74) is 1.67. The first-order valence-electron chi connectivity index (χ1n) is 6.40. The average molecular weight is 285 g/mol. The summed E-state index contributed by atoms with van der Waals surface area (Å²) in [5.74, 6) is -0.342. The summed E-state index contributed by atoms with van der Waals surface area (Å²) in [4.78, 5) is 22.3. The minimum Gasteiger partial charge on any atom is -0.376 e. The Kier molecular flexibility index (Phi) is 4.50. The van der Waals surface area contributed by atoms with Gasteiger partial charge < -0.3 is 10.6 Å². The number of nitro benzene ring substituents is 1. The number of benzene rings is 2. The van der Waals surface area contributed by atoms with Gasteiger partial charge in [0.25, 0.3) is 5.69 Å². The molecule has 2 rings (SSSR count). The molecule has 0 radical (unpaired) electrons. The van der Waals surface area contributed by atoms with Crippen molar-refractivity contribution < 1.29 is 9.72 Å². The molecule has 21 heavy (non-hydrogen) atoms. The van der Waals surface area contributed by atoms with Crippen LogP contribution in [0.3, 0.4) is 0 Å². The van der Waals surface area contributed by atoms with Crippen molar-refractivity contribution in [3.05, 3.63) is 64.2 Å². The molecule has 2 N–H and O–H groups in total. The van der Waals surface area contributed by atoms with Gasteiger partial charge in [-0.25, -0.2) is 0 Å². The second-order valence-corrected chi connectivity index (χ2v) is 4.55. The van der Waals surface area contributed by atoms with Gasteiger partial charge in [-0.05, 0) is 30.7 Å². The van der Waals surface area contributed by atoms with Crippen molar-refractivity contribution in [1.29, 1.82) is 0 Å². The molecule has 0 fully saturated rings. The quantitative estimate of drug-likeness (QED) is 0.653. The lowest BCUT2D eigenvalue weighted by Crippen LogP contribution is -2.22. The number of para-hydroxylation sites is 1. The number of anilines is 2. The zero-order chi connectivity index (χ0) is 15.2. The van der Waals surface area contributed by atoms with E-state index in [1.165, 1.54) is 12.1 Å². The van der Waals surface area contributed by atoms with Gasteiger partial charge in [-0.1, -0.05) is 24.3 Å². The lowest BCUT2D eigenvalue weighted by Gasteiger charge is -2.08. The van der Waals surface area contributed by atoms with Crippen LogP contribution in [0.1, 0.15) is 5.56 Å². The number of nitrogens with one attached hydrogen (secondary N) is 2. The maximum absolute atomic E-state index is 11.8. The minimum atomic E-state index is -0.507. The molecule has 0 spiro atoms. The van der Waals surface area contributed by atoms with Crippen LogP contribution in [0.2, 0.25) is 0 Å². The van der Waals surface area contributed by atoms with Gasteiger partial charge in [-0.15, -0.1) is 0 Å². The number of hydrogen-bond donors (Lipinski definition) is 2. The van der Waals surface area contributed by atoms with Crippen molar-refractivity contribution in [3.8, 4) is 0 Å². The number of rotatable bonds is 5. The Morgan fingerprint density at radius 3 is 2.57 bits per heavy atom. The molecule has 0 saturated heterocycles. The SMILES string of the molecule is Cc1ccc(NC(=O)CNc2ccccc2)c([N+](=O)[O-])c1. The third-order valence-corrected chi connectivity index (χ3v) is 2.85. The number of nitrogens with zero attached hydrogens (tertiary/aromatic N) is 1. The molecule has 0 atom stereocenters. The van der Waals surface area contributed by atoms with E-state index in [1.807, 2.05) is 30.3 Å². The van der Waals surface area contributed by atoms with E-state index in [1.54, 1.807) is 13.0 Å². The van der Waals surface area contributed by atoms with Gasteiger partial charge in [0.05, 0.1) is 11.5 Å². The van der Waals surface area contributed by atoms with Crippen LogP contribution in [0.4, 0.5) is 17.1 Å². The minimum absolute atomic E-state index is 0.0368. The average Bonchev–Trinajstić information content (AvgIpc) is 2.48. The van der Waals surface area contributed by atoms with Crippen LogP contribution in [0.5, 0.6) is 0 Å². The first kappa shape index (κ1) is 14.5. The first-order valence-corrected chi connectivity index (χ1v) is 6.40. The van der Waals surface area contributed by atoms with Gasteiger partial charge in [0.2, 0.25) is 5.91 Å². The highest BCUT2D eigenvalue weighted by atomic mass is 16.6. The summed E-state index contributed by atoms with van der Waals surface area (Å²) in [6, 6.07) is 13.9. The molecule has 2 aromatic carbocycles. The van der Waals surface area contributed by atoms with Crippen LogP contribution >= 0.6 is 0 Å². The topological polar surface area (TPSA) is 84.3 Å². The van der Waals surface area contributed by atoms with Gasteiger partial charge in [-0.2, -0.15) is 0 Å². The first-order chi connectivity index (χ1) is 10.1. The fourth-order valence-corrected chi connectivity index (χ4v) is 1.83. The molecule has 108 valence electrons. The number of carbonyl (C=O) groups is 1. The van der Waals surface area contributed by atoms with Crippen LogP contribution in [-0.4, -0.2) is 17.4 Å². The Morgan fingerprint density at radius 2 is 1.90 bits per heavy atom. The standard InChI is InChI=1S/C15H15N3O3/c1-11-7-8-13(14(9-11)18(20)21)17-15(19)10-16-12-5-3-2-4-6-12/h2-9,16H,10H2,1H3,(H,17,19). The van der Waals surface area contributed by atoms with Gasteiger partial charge in [0.15, 0.2) is 0 Å². The molecule has 2 aromatic rings. The smallest absolute Gasteiger partial charge is 0.293 e. The highest BCUT2D eigenvalue weighted by Crippen LogP contribution is 2.25. The zero-order valence-electron chi connectivity index (χ0n) is 11.5. The zero-order valence-corrected chi connectivity index (χ0v) is 11.5. The Hall–Kier alpha value is -2.89. The Balaban J connectivity index is 2.01. The Bertz CT molecular complexity index is 656. The molecule has 0 heterocycles. The fourth-order valence-electron chi connectivity index (χ4n) is 1.83. The summed E-state index contributed by atoms with van der Waals surface area (Å²) in [6.45, 7) is 1.80. The Labute approximate surface area is 121 Å². The molecular formula is C15H15N3O3. The van der Waals surface area contributed by atoms with E-state index in [2.05, 4.69) is 10.6 Å². The number of nitro groups is 1. The fraction of sp³-hybridized carbons (Fsp3) is 0.133. The second-order valence-electron chi connectivity index (χ2n) is 4.55. The molecule has 0 aromatic heterocycles. The summed E-state index contributed by atoms with van der Waals surface area (Å²) in [6.07, 6.45) is 0. The number of hydrogen-bond acceptors (Lipinski definition) is 4. The predicted molar refractivity (Wildman–Crippen MR) is 81.4 cm³/mol. The van der Waals surface area contributed by atoms with Crippen molar-refractivity contribution in [3.63, 3.8) is 0 Å². The summed E-state index contributed by atoms with van der Waals surface area (Å²) < 4.78 is 0. The molecule has 0 saturated carbocycles. The third kappa shape index (κ3) is 4.04. The highest BCUT2D eigenvalue weighted by molar-refractivity contribution is 5.95. The maximum Gasteiger partial charge on any atom is 0.293 e. The van der Waals surface area contributed by atoms with Crippen LogP contribution < -0.4 is 10.6 Å². The molecule has 0 aliphatic carbocycles. The van der Waals surface area contributed by atoms with Crippen LogP contribution in [0.25, 0.3) is 0 Å². The number of amides is 1. The highest BCUT2D eigenvalue weighted by Gasteiger charge is 2.15. The molecule has 0 aliphatic heterocycles. The molecule has 1 amide bonds. The van der Waals surface area contributed by atoms with Crippen molar-refractivity contribution in [2.24, 2.45) is 0 Å². The number of carbonyl (C=O) groups excluding carboxylic acids is 1. The van der Waals surface area contributed by atoms with E-state index in [0.29, 0.717) is 0 Å². The summed E-state index contributed by atoms with van der Waals surface area (Å²) in [5, 5.41) is 16.5. The van der Waals surface area contributed by atoms with Gasteiger partial charge >= 0.3 is 0 Å². The van der Waals surface area contributed by atoms with E-state index in [-0.39, 0.29) is 23.8 Å². The normalized spacial score (nSPS) is 9.95. The summed E-state index contributed by atoms with van der Waals surface area (Å²) in [7, 11) is 0. The molecular weight excluding hydrogens is 270 g/mol. The van der Waals surface area contributed by atoms with Crippen molar-refractivity contribution in [1.82, 2.24) is 0 Å². The molecule has 0 aliphatic rings. The lowest BCUT2D eigenvalue weighted by atomic mass is 10.2. The maximum atomic E-state index is 11.8. The Morgan fingerprint density at radius 1 is 1.19 bits per heavy atom. The van der Waals surface area contributed by atoms with Gasteiger partial charge in [0, 0.05) is 11.8 Å². The van der Waals surface area contributed by atoms with Crippen LogP contribution in [0, 0.1) is 17.0 Å². The molecule has 6 heteroatoms. The van der Waals surface area contributed by atoms with Crippen molar-refractivity contribution in [2.45, 2.75) is 6.92 Å². The predicted octanol–water partition coefficient (Wildman–Crippen LogP) is 2.95. The molecule has 0 bridgehead atoms. The second kappa shape index (κ2) is 6.51. The van der Waals surface area contributed by atoms with Crippen molar-refractivity contribution >= 4 is 23.0 Å². The van der Waals surface area contributed by atoms with Crippen LogP contribution in [0.15, 0.2) is 48.5 Å². The summed E-state index contributed by atoms with van der Waals surface area (Å²) >= 11 is 0. The van der Waals surface area contributed by atoms with E-state index >= 15 is 0 Å².